The number of oxazole rings is 1. The van der Waals surface area contributed by atoms with Crippen molar-refractivity contribution in [2.24, 2.45) is 0 Å². The molecule has 29 heavy (non-hydrogen) atoms. The van der Waals surface area contributed by atoms with E-state index >= 15 is 0 Å². The largest absolute Gasteiger partial charge is 0.496 e. The molecule has 0 amide bonds. The highest BCUT2D eigenvalue weighted by Crippen LogP contribution is 2.34. The van der Waals surface area contributed by atoms with Crippen LogP contribution in [0, 0.1) is 6.92 Å². The molecule has 2 aromatic carbocycles. The zero-order chi connectivity index (χ0) is 20.2. The Morgan fingerprint density at radius 1 is 1.03 bits per heavy atom. The summed E-state index contributed by atoms with van der Waals surface area (Å²) in [4.78, 5) is 7.15. The van der Waals surface area contributed by atoms with Crippen molar-refractivity contribution < 1.29 is 18.6 Å². The van der Waals surface area contributed by atoms with Crippen LogP contribution in [0.15, 0.2) is 46.9 Å². The van der Waals surface area contributed by atoms with Gasteiger partial charge in [-0.25, -0.2) is 4.98 Å². The third-order valence-electron chi connectivity index (χ3n) is 5.14. The first-order valence-corrected chi connectivity index (χ1v) is 9.80. The second kappa shape index (κ2) is 8.57. The van der Waals surface area contributed by atoms with Crippen LogP contribution < -0.4 is 14.2 Å². The van der Waals surface area contributed by atoms with Crippen molar-refractivity contribution in [2.75, 3.05) is 27.4 Å². The SMILES string of the molecule is COc1ccccc1-c1nc(CN2CCCOc3c(cccc3OC)C2)c(C)o1. The van der Waals surface area contributed by atoms with E-state index in [1.165, 1.54) is 0 Å². The lowest BCUT2D eigenvalue weighted by atomic mass is 10.1. The number of ether oxygens (including phenoxy) is 3. The molecule has 0 bridgehead atoms. The Morgan fingerprint density at radius 3 is 2.66 bits per heavy atom. The number of hydrogen-bond acceptors (Lipinski definition) is 6. The van der Waals surface area contributed by atoms with E-state index in [0.29, 0.717) is 19.0 Å². The number of fused-ring (bicyclic) bond motifs is 1. The van der Waals surface area contributed by atoms with Crippen molar-refractivity contribution in [1.82, 2.24) is 9.88 Å². The fraction of sp³-hybridized carbons (Fsp3) is 0.348. The third-order valence-corrected chi connectivity index (χ3v) is 5.14. The predicted molar refractivity (Wildman–Crippen MR) is 110 cm³/mol. The molecule has 3 aromatic rings. The summed E-state index contributed by atoms with van der Waals surface area (Å²) in [6.07, 6.45) is 0.938. The molecular weight excluding hydrogens is 368 g/mol. The Bertz CT molecular complexity index is 983. The third kappa shape index (κ3) is 4.07. The summed E-state index contributed by atoms with van der Waals surface area (Å²) in [5, 5.41) is 0. The fourth-order valence-electron chi connectivity index (χ4n) is 3.65. The topological polar surface area (TPSA) is 57.0 Å². The fourth-order valence-corrected chi connectivity index (χ4v) is 3.65. The average Bonchev–Trinajstić information content (AvgIpc) is 3.09. The first-order chi connectivity index (χ1) is 14.2. The molecule has 1 aliphatic rings. The van der Waals surface area contributed by atoms with Crippen LogP contribution in [-0.2, 0) is 13.1 Å². The molecule has 6 nitrogen and oxygen atoms in total. The summed E-state index contributed by atoms with van der Waals surface area (Å²) in [5.74, 6) is 3.79. The van der Waals surface area contributed by atoms with Crippen molar-refractivity contribution in [3.63, 3.8) is 0 Å². The minimum Gasteiger partial charge on any atom is -0.496 e. The molecule has 1 aliphatic heterocycles. The molecule has 2 heterocycles. The van der Waals surface area contributed by atoms with E-state index in [-0.39, 0.29) is 0 Å². The molecule has 0 radical (unpaired) electrons. The highest BCUT2D eigenvalue weighted by Gasteiger charge is 2.21. The van der Waals surface area contributed by atoms with Crippen LogP contribution in [0.2, 0.25) is 0 Å². The van der Waals surface area contributed by atoms with Crippen LogP contribution in [0.3, 0.4) is 0 Å². The zero-order valence-electron chi connectivity index (χ0n) is 17.1. The highest BCUT2D eigenvalue weighted by atomic mass is 16.5. The Kier molecular flexibility index (Phi) is 5.71. The Morgan fingerprint density at radius 2 is 1.83 bits per heavy atom. The zero-order valence-corrected chi connectivity index (χ0v) is 17.1. The maximum atomic E-state index is 5.98. The number of hydrogen-bond donors (Lipinski definition) is 0. The number of aromatic nitrogens is 1. The monoisotopic (exact) mass is 394 g/mol. The first kappa shape index (κ1) is 19.3. The van der Waals surface area contributed by atoms with E-state index < -0.39 is 0 Å². The minimum atomic E-state index is 0.590. The predicted octanol–water partition coefficient (Wildman–Crippen LogP) is 4.45. The van der Waals surface area contributed by atoms with Gasteiger partial charge in [0.1, 0.15) is 11.5 Å². The van der Waals surface area contributed by atoms with Crippen LogP contribution in [0.5, 0.6) is 17.2 Å². The van der Waals surface area contributed by atoms with Crippen molar-refractivity contribution in [3.8, 4) is 28.7 Å². The van der Waals surface area contributed by atoms with Gasteiger partial charge in [0.15, 0.2) is 11.5 Å². The maximum Gasteiger partial charge on any atom is 0.230 e. The molecule has 0 saturated heterocycles. The molecule has 152 valence electrons. The van der Waals surface area contributed by atoms with Crippen LogP contribution in [0.25, 0.3) is 11.5 Å². The van der Waals surface area contributed by atoms with Crippen LogP contribution in [0.4, 0.5) is 0 Å². The first-order valence-electron chi connectivity index (χ1n) is 9.80. The van der Waals surface area contributed by atoms with Gasteiger partial charge in [-0.05, 0) is 31.5 Å². The van der Waals surface area contributed by atoms with E-state index in [1.807, 2.05) is 43.3 Å². The van der Waals surface area contributed by atoms with E-state index in [4.69, 9.17) is 23.6 Å². The van der Waals surface area contributed by atoms with Gasteiger partial charge in [0, 0.05) is 25.2 Å². The molecular formula is C23H26N2O4. The maximum absolute atomic E-state index is 5.98. The van der Waals surface area contributed by atoms with Gasteiger partial charge in [0.2, 0.25) is 5.89 Å². The summed E-state index contributed by atoms with van der Waals surface area (Å²) < 4.78 is 22.9. The molecule has 0 N–H and O–H groups in total. The van der Waals surface area contributed by atoms with Crippen LogP contribution in [0.1, 0.15) is 23.4 Å². The second-order valence-corrected chi connectivity index (χ2v) is 7.08. The molecule has 6 heteroatoms. The van der Waals surface area contributed by atoms with Gasteiger partial charge < -0.3 is 18.6 Å². The number of benzene rings is 2. The molecule has 0 unspecified atom stereocenters. The van der Waals surface area contributed by atoms with Gasteiger partial charge >= 0.3 is 0 Å². The van der Waals surface area contributed by atoms with E-state index in [9.17, 15) is 0 Å². The standard InChI is InChI=1S/C23H26N2O4/c1-16-19(24-23(29-16)18-9-4-5-10-20(18)26-2)15-25-12-7-13-28-22-17(14-25)8-6-11-21(22)27-3/h4-6,8-11H,7,12-15H2,1-3H3. The number of rotatable bonds is 5. The molecule has 4 rings (SSSR count). The smallest absolute Gasteiger partial charge is 0.230 e. The van der Waals surface area contributed by atoms with Gasteiger partial charge in [-0.3, -0.25) is 4.90 Å². The van der Waals surface area contributed by atoms with Gasteiger partial charge in [0.25, 0.3) is 0 Å². The second-order valence-electron chi connectivity index (χ2n) is 7.08. The van der Waals surface area contributed by atoms with Gasteiger partial charge in [-0.2, -0.15) is 0 Å². The lowest BCUT2D eigenvalue weighted by Gasteiger charge is -2.26. The average molecular weight is 394 g/mol. The summed E-state index contributed by atoms with van der Waals surface area (Å²) in [5.41, 5.74) is 2.92. The quantitative estimate of drug-likeness (QED) is 0.637. The Labute approximate surface area is 171 Å². The van der Waals surface area contributed by atoms with Crippen molar-refractivity contribution in [1.29, 1.82) is 0 Å². The summed E-state index contributed by atoms with van der Waals surface area (Å²) in [6.45, 7) is 5.02. The molecule has 0 fully saturated rings. The number of para-hydroxylation sites is 2. The van der Waals surface area contributed by atoms with Gasteiger partial charge in [0.05, 0.1) is 32.1 Å². The van der Waals surface area contributed by atoms with Crippen molar-refractivity contribution >= 4 is 0 Å². The van der Waals surface area contributed by atoms with Crippen molar-refractivity contribution in [2.45, 2.75) is 26.4 Å². The number of methoxy groups -OCH3 is 2. The molecule has 0 atom stereocenters. The van der Waals surface area contributed by atoms with E-state index in [2.05, 4.69) is 11.0 Å². The summed E-state index contributed by atoms with van der Waals surface area (Å²) >= 11 is 0. The van der Waals surface area contributed by atoms with Crippen molar-refractivity contribution in [3.05, 3.63) is 59.5 Å². The normalized spacial score (nSPS) is 14.4. The highest BCUT2D eigenvalue weighted by molar-refractivity contribution is 5.63. The molecule has 0 saturated carbocycles. The van der Waals surface area contributed by atoms with Gasteiger partial charge in [-0.1, -0.05) is 24.3 Å². The minimum absolute atomic E-state index is 0.590. The number of aryl methyl sites for hydroxylation is 1. The molecule has 0 aliphatic carbocycles. The Hall–Kier alpha value is -2.99. The van der Waals surface area contributed by atoms with E-state index in [1.54, 1.807) is 14.2 Å². The summed E-state index contributed by atoms with van der Waals surface area (Å²) in [6, 6.07) is 13.8. The Balaban J connectivity index is 1.58. The van der Waals surface area contributed by atoms with Crippen LogP contribution in [-0.4, -0.2) is 37.3 Å². The van der Waals surface area contributed by atoms with Gasteiger partial charge in [-0.15, -0.1) is 0 Å². The summed E-state index contributed by atoms with van der Waals surface area (Å²) in [7, 11) is 3.33. The lowest BCUT2D eigenvalue weighted by Crippen LogP contribution is -2.28. The van der Waals surface area contributed by atoms with E-state index in [0.717, 1.165) is 59.3 Å². The molecule has 1 aromatic heterocycles. The number of nitrogens with zero attached hydrogens (tertiary/aromatic N) is 2. The molecule has 0 spiro atoms. The lowest BCUT2D eigenvalue weighted by molar-refractivity contribution is 0.193. The van der Waals surface area contributed by atoms with Crippen LogP contribution >= 0.6 is 0 Å².